The molecular weight excluding hydrogens is 342 g/mol. The Morgan fingerprint density at radius 3 is 2.65 bits per heavy atom. The lowest BCUT2D eigenvalue weighted by Crippen LogP contribution is -2.31. The summed E-state index contributed by atoms with van der Waals surface area (Å²) in [7, 11) is 3.38. The molecule has 138 valence electrons. The molecule has 0 aliphatic carbocycles. The summed E-state index contributed by atoms with van der Waals surface area (Å²) < 4.78 is 10.2. The Labute approximate surface area is 149 Å². The third kappa shape index (κ3) is 4.59. The van der Waals surface area contributed by atoms with Crippen molar-refractivity contribution in [1.82, 2.24) is 5.32 Å². The molecule has 0 aliphatic heterocycles. The van der Waals surface area contributed by atoms with Crippen molar-refractivity contribution < 1.29 is 23.7 Å². The largest absolute Gasteiger partial charge is 0.467 e. The van der Waals surface area contributed by atoms with Crippen LogP contribution in [0.5, 0.6) is 0 Å². The molecule has 1 N–H and O–H groups in total. The molecule has 1 aromatic heterocycles. The van der Waals surface area contributed by atoms with Crippen LogP contribution >= 0.6 is 0 Å². The zero-order valence-corrected chi connectivity index (χ0v) is 14.6. The van der Waals surface area contributed by atoms with Crippen molar-refractivity contribution >= 4 is 23.3 Å². The van der Waals surface area contributed by atoms with Crippen molar-refractivity contribution in [3.8, 4) is 0 Å². The van der Waals surface area contributed by atoms with Gasteiger partial charge in [-0.15, -0.1) is 0 Å². The molecule has 0 bridgehead atoms. The molecule has 9 nitrogen and oxygen atoms in total. The Morgan fingerprint density at radius 2 is 2.08 bits per heavy atom. The van der Waals surface area contributed by atoms with Crippen LogP contribution in [0.25, 0.3) is 0 Å². The second-order valence-electron chi connectivity index (χ2n) is 5.73. The van der Waals surface area contributed by atoms with E-state index >= 15 is 0 Å². The number of furan rings is 1. The van der Waals surface area contributed by atoms with E-state index in [2.05, 4.69) is 5.32 Å². The molecule has 26 heavy (non-hydrogen) atoms. The van der Waals surface area contributed by atoms with Crippen molar-refractivity contribution in [3.63, 3.8) is 0 Å². The van der Waals surface area contributed by atoms with Gasteiger partial charge in [0.2, 0.25) is 0 Å². The summed E-state index contributed by atoms with van der Waals surface area (Å²) in [4.78, 5) is 36.2. The Bertz CT molecular complexity index is 801. The van der Waals surface area contributed by atoms with Gasteiger partial charge in [-0.25, -0.2) is 4.79 Å². The molecule has 0 saturated heterocycles. The van der Waals surface area contributed by atoms with Crippen LogP contribution in [0.4, 0.5) is 11.4 Å². The van der Waals surface area contributed by atoms with Crippen molar-refractivity contribution in [2.45, 2.75) is 13.0 Å². The summed E-state index contributed by atoms with van der Waals surface area (Å²) in [6.07, 6.45) is 1.49. The van der Waals surface area contributed by atoms with Gasteiger partial charge in [0, 0.05) is 26.2 Å². The molecule has 2 rings (SSSR count). The van der Waals surface area contributed by atoms with Crippen molar-refractivity contribution in [1.29, 1.82) is 0 Å². The number of hydrogen-bond acceptors (Lipinski definition) is 7. The molecule has 0 unspecified atom stereocenters. The summed E-state index contributed by atoms with van der Waals surface area (Å²) in [5.41, 5.74) is 0.222. The van der Waals surface area contributed by atoms with Gasteiger partial charge in [-0.05, 0) is 25.1 Å². The van der Waals surface area contributed by atoms with E-state index in [1.54, 1.807) is 38.1 Å². The third-order valence-corrected chi connectivity index (χ3v) is 3.57. The van der Waals surface area contributed by atoms with Crippen molar-refractivity contribution in [3.05, 3.63) is 58.0 Å². The fourth-order valence-electron chi connectivity index (χ4n) is 2.29. The maximum atomic E-state index is 12.3. The lowest BCUT2D eigenvalue weighted by atomic mass is 10.1. The van der Waals surface area contributed by atoms with E-state index in [1.165, 1.54) is 18.4 Å². The predicted molar refractivity (Wildman–Crippen MR) is 93.0 cm³/mol. The van der Waals surface area contributed by atoms with Crippen LogP contribution in [0.15, 0.2) is 41.0 Å². The van der Waals surface area contributed by atoms with Gasteiger partial charge in [-0.3, -0.25) is 14.9 Å². The number of esters is 1. The molecule has 0 fully saturated rings. The molecular formula is C17H19N3O6. The maximum absolute atomic E-state index is 12.3. The van der Waals surface area contributed by atoms with Gasteiger partial charge in [0.1, 0.15) is 5.76 Å². The summed E-state index contributed by atoms with van der Waals surface area (Å²) in [5, 5.41) is 13.6. The molecule has 1 aromatic carbocycles. The Kier molecular flexibility index (Phi) is 5.94. The number of ether oxygens (including phenoxy) is 1. The molecule has 0 aliphatic rings. The first-order chi connectivity index (χ1) is 12.3. The highest BCUT2D eigenvalue weighted by molar-refractivity contribution is 5.97. The monoisotopic (exact) mass is 361 g/mol. The van der Waals surface area contributed by atoms with Gasteiger partial charge < -0.3 is 19.4 Å². The van der Waals surface area contributed by atoms with Gasteiger partial charge in [-0.1, -0.05) is 0 Å². The number of hydrogen-bond donors (Lipinski definition) is 1. The average Bonchev–Trinajstić information content (AvgIpc) is 3.13. The van der Waals surface area contributed by atoms with Gasteiger partial charge in [0.05, 0.1) is 28.5 Å². The van der Waals surface area contributed by atoms with E-state index in [4.69, 9.17) is 9.15 Å². The number of carbonyl (C=O) groups excluding carboxylic acids is 2. The van der Waals surface area contributed by atoms with Crippen LogP contribution < -0.4 is 10.2 Å². The van der Waals surface area contributed by atoms with Crippen LogP contribution in [-0.2, 0) is 9.53 Å². The number of carbonyl (C=O) groups is 2. The van der Waals surface area contributed by atoms with Crippen LogP contribution in [0.2, 0.25) is 0 Å². The quantitative estimate of drug-likeness (QED) is 0.457. The van der Waals surface area contributed by atoms with Crippen LogP contribution in [0.3, 0.4) is 0 Å². The molecule has 0 saturated carbocycles. The normalized spacial score (nSPS) is 11.5. The predicted octanol–water partition coefficient (Wildman–Crippen LogP) is 2.29. The van der Waals surface area contributed by atoms with Gasteiger partial charge in [0.25, 0.3) is 11.6 Å². The van der Waals surface area contributed by atoms with Gasteiger partial charge >= 0.3 is 5.97 Å². The smallest absolute Gasteiger partial charge is 0.341 e. The second kappa shape index (κ2) is 8.15. The minimum absolute atomic E-state index is 0.0103. The first-order valence-corrected chi connectivity index (χ1v) is 7.75. The van der Waals surface area contributed by atoms with Crippen LogP contribution in [0.1, 0.15) is 29.1 Å². The molecule has 1 heterocycles. The number of non-ortho nitro benzene ring substituents is 1. The summed E-state index contributed by atoms with van der Waals surface area (Å²) >= 11 is 0. The lowest BCUT2D eigenvalue weighted by Gasteiger charge is -2.16. The number of nitro benzene ring substituents is 1. The highest BCUT2D eigenvalue weighted by atomic mass is 16.6. The molecule has 1 amide bonds. The van der Waals surface area contributed by atoms with Crippen molar-refractivity contribution in [2.75, 3.05) is 25.6 Å². The van der Waals surface area contributed by atoms with Crippen LogP contribution in [-0.4, -0.2) is 37.5 Å². The van der Waals surface area contributed by atoms with Gasteiger partial charge in [0.15, 0.2) is 6.61 Å². The molecule has 0 radical (unpaired) electrons. The standard InChI is InChI=1S/C17H19N3O6/c1-11(15-5-4-8-25-15)18-16(21)10-26-17(22)13-9-12(20(23)24)6-7-14(13)19(2)3/h4-9,11H,10H2,1-3H3,(H,18,21)/t11-/m1/s1. The Hall–Kier alpha value is -3.36. The first-order valence-electron chi connectivity index (χ1n) is 7.75. The SMILES string of the molecule is C[C@@H](NC(=O)COC(=O)c1cc([N+](=O)[O-])ccc1N(C)C)c1ccco1. The maximum Gasteiger partial charge on any atom is 0.341 e. The van der Waals surface area contributed by atoms with E-state index < -0.39 is 23.4 Å². The number of benzene rings is 1. The van der Waals surface area contributed by atoms with E-state index in [0.29, 0.717) is 11.4 Å². The third-order valence-electron chi connectivity index (χ3n) is 3.57. The number of nitro groups is 1. The number of anilines is 1. The number of nitrogens with zero attached hydrogens (tertiary/aromatic N) is 2. The van der Waals surface area contributed by atoms with E-state index in [1.807, 2.05) is 0 Å². The fraction of sp³-hybridized carbons (Fsp3) is 0.294. The zero-order chi connectivity index (χ0) is 19.3. The number of amides is 1. The fourth-order valence-corrected chi connectivity index (χ4v) is 2.29. The molecule has 9 heteroatoms. The average molecular weight is 361 g/mol. The van der Waals surface area contributed by atoms with Gasteiger partial charge in [-0.2, -0.15) is 0 Å². The van der Waals surface area contributed by atoms with Crippen LogP contribution in [0, 0.1) is 10.1 Å². The lowest BCUT2D eigenvalue weighted by molar-refractivity contribution is -0.384. The van der Waals surface area contributed by atoms with E-state index in [9.17, 15) is 19.7 Å². The molecule has 1 atom stereocenters. The Balaban J connectivity index is 2.03. The topological polar surface area (TPSA) is 115 Å². The summed E-state index contributed by atoms with van der Waals surface area (Å²) in [6, 6.07) is 6.90. The van der Waals surface area contributed by atoms with E-state index in [0.717, 1.165) is 6.07 Å². The summed E-state index contributed by atoms with van der Waals surface area (Å²) in [5.74, 6) is -0.768. The number of nitrogens with one attached hydrogen (secondary N) is 1. The Morgan fingerprint density at radius 1 is 1.35 bits per heavy atom. The highest BCUT2D eigenvalue weighted by Gasteiger charge is 2.20. The minimum atomic E-state index is -0.821. The molecule has 2 aromatic rings. The molecule has 0 spiro atoms. The second-order valence-corrected chi connectivity index (χ2v) is 5.73. The van der Waals surface area contributed by atoms with E-state index in [-0.39, 0.29) is 17.3 Å². The number of rotatable bonds is 7. The first kappa shape index (κ1) is 19.0. The minimum Gasteiger partial charge on any atom is -0.467 e. The van der Waals surface area contributed by atoms with Crippen molar-refractivity contribution in [2.24, 2.45) is 0 Å². The zero-order valence-electron chi connectivity index (χ0n) is 14.6. The summed E-state index contributed by atoms with van der Waals surface area (Å²) in [6.45, 7) is 1.21. The highest BCUT2D eigenvalue weighted by Crippen LogP contribution is 2.25.